The van der Waals surface area contributed by atoms with Gasteiger partial charge in [-0.05, 0) is 44.0 Å². The van der Waals surface area contributed by atoms with Crippen molar-refractivity contribution in [2.45, 2.75) is 32.5 Å². The van der Waals surface area contributed by atoms with Crippen LogP contribution in [0.5, 0.6) is 5.75 Å². The van der Waals surface area contributed by atoms with Crippen LogP contribution in [-0.4, -0.2) is 31.2 Å². The Labute approximate surface area is 207 Å². The number of hydrogen-bond acceptors (Lipinski definition) is 7. The maximum absolute atomic E-state index is 12.8. The molecule has 0 radical (unpaired) electrons. The van der Waals surface area contributed by atoms with Gasteiger partial charge in [-0.1, -0.05) is 59.8 Å². The van der Waals surface area contributed by atoms with Crippen LogP contribution in [0.25, 0.3) is 5.69 Å². The van der Waals surface area contributed by atoms with E-state index < -0.39 is 4.92 Å². The summed E-state index contributed by atoms with van der Waals surface area (Å²) in [5.41, 5.74) is 4.20. The number of benzene rings is 3. The second-order valence-corrected chi connectivity index (χ2v) is 9.04. The zero-order valence-corrected chi connectivity index (χ0v) is 20.4. The van der Waals surface area contributed by atoms with Gasteiger partial charge in [0.25, 0.3) is 5.69 Å². The van der Waals surface area contributed by atoms with Gasteiger partial charge in [0.2, 0.25) is 0 Å². The highest BCUT2D eigenvalue weighted by molar-refractivity contribution is 7.99. The highest BCUT2D eigenvalue weighted by atomic mass is 32.2. The molecule has 178 valence electrons. The third-order valence-electron chi connectivity index (χ3n) is 5.46. The number of carbonyl (C=O) groups excluding carboxylic acids is 1. The number of thioether (sulfide) groups is 1. The van der Waals surface area contributed by atoms with Crippen molar-refractivity contribution < 1.29 is 14.5 Å². The number of aryl methyl sites for hydroxylation is 3. The molecule has 0 N–H and O–H groups in total. The normalized spacial score (nSPS) is 10.8. The van der Waals surface area contributed by atoms with E-state index in [9.17, 15) is 14.9 Å². The monoisotopic (exact) mass is 488 g/mol. The van der Waals surface area contributed by atoms with Gasteiger partial charge in [0.1, 0.15) is 12.4 Å². The molecular weight excluding hydrogens is 464 g/mol. The maximum Gasteiger partial charge on any atom is 0.270 e. The Hall–Kier alpha value is -3.98. The van der Waals surface area contributed by atoms with Crippen LogP contribution in [-0.2, 0) is 6.61 Å². The van der Waals surface area contributed by atoms with Crippen molar-refractivity contribution in [3.05, 3.63) is 105 Å². The third-order valence-corrected chi connectivity index (χ3v) is 6.39. The highest BCUT2D eigenvalue weighted by Gasteiger charge is 2.18. The molecule has 4 rings (SSSR count). The number of nitro groups is 1. The lowest BCUT2D eigenvalue weighted by Crippen LogP contribution is -2.09. The van der Waals surface area contributed by atoms with Crippen LogP contribution in [0.3, 0.4) is 0 Å². The molecule has 4 aromatic rings. The lowest BCUT2D eigenvalue weighted by Gasteiger charge is -2.14. The summed E-state index contributed by atoms with van der Waals surface area (Å²) < 4.78 is 7.99. The fourth-order valence-electron chi connectivity index (χ4n) is 3.61. The molecule has 9 heteroatoms. The number of para-hydroxylation sites is 1. The van der Waals surface area contributed by atoms with E-state index >= 15 is 0 Å². The van der Waals surface area contributed by atoms with E-state index in [1.807, 2.05) is 67.8 Å². The fraction of sp³-hybridized carbons (Fsp3) is 0.192. The second kappa shape index (κ2) is 10.5. The van der Waals surface area contributed by atoms with Gasteiger partial charge in [-0.3, -0.25) is 19.5 Å². The van der Waals surface area contributed by atoms with Crippen LogP contribution in [0, 0.1) is 30.9 Å². The van der Waals surface area contributed by atoms with E-state index in [0.717, 1.165) is 28.1 Å². The zero-order chi connectivity index (χ0) is 24.9. The zero-order valence-electron chi connectivity index (χ0n) is 19.6. The third kappa shape index (κ3) is 5.58. The van der Waals surface area contributed by atoms with Crippen molar-refractivity contribution >= 4 is 23.2 Å². The summed E-state index contributed by atoms with van der Waals surface area (Å²) in [4.78, 5) is 23.3. The number of nitro benzene ring substituents is 1. The van der Waals surface area contributed by atoms with E-state index in [2.05, 4.69) is 10.2 Å². The lowest BCUT2D eigenvalue weighted by atomic mass is 10.1. The molecule has 0 fully saturated rings. The quantitative estimate of drug-likeness (QED) is 0.130. The molecule has 1 aromatic heterocycles. The molecule has 0 unspecified atom stereocenters. The molecule has 0 aliphatic rings. The van der Waals surface area contributed by atoms with Gasteiger partial charge in [-0.25, -0.2) is 0 Å². The Morgan fingerprint density at radius 3 is 2.37 bits per heavy atom. The molecule has 8 nitrogen and oxygen atoms in total. The maximum atomic E-state index is 12.8. The number of carbonyl (C=O) groups is 1. The van der Waals surface area contributed by atoms with Crippen LogP contribution in [0.15, 0.2) is 71.9 Å². The van der Waals surface area contributed by atoms with Gasteiger partial charge < -0.3 is 4.74 Å². The Kier molecular flexibility index (Phi) is 7.26. The molecule has 0 atom stereocenters. The van der Waals surface area contributed by atoms with Gasteiger partial charge >= 0.3 is 0 Å². The van der Waals surface area contributed by atoms with Crippen LogP contribution in [0.1, 0.15) is 32.9 Å². The molecule has 0 spiro atoms. The van der Waals surface area contributed by atoms with Gasteiger partial charge in [0.15, 0.2) is 16.8 Å². The molecule has 0 saturated carbocycles. The summed E-state index contributed by atoms with van der Waals surface area (Å²) in [7, 11) is 0. The number of Topliss-reactive ketones (excluding diaryl/α,β-unsaturated/α-hetero) is 1. The first kappa shape index (κ1) is 24.2. The number of rotatable bonds is 9. The highest BCUT2D eigenvalue weighted by Crippen LogP contribution is 2.27. The van der Waals surface area contributed by atoms with Crippen LogP contribution in [0.2, 0.25) is 0 Å². The molecular formula is C26H24N4O4S. The SMILES string of the molecule is Cc1ccc(-n2c(COc3c(C)cccc3C)nnc2SCC(=O)c2cccc([N+](=O)[O-])c2)cc1. The summed E-state index contributed by atoms with van der Waals surface area (Å²) in [6.07, 6.45) is 0. The van der Waals surface area contributed by atoms with Crippen LogP contribution < -0.4 is 4.74 Å². The number of hydrogen-bond donors (Lipinski definition) is 0. The number of ketones is 1. The minimum Gasteiger partial charge on any atom is -0.485 e. The molecule has 0 amide bonds. The molecule has 3 aromatic carbocycles. The average molecular weight is 489 g/mol. The van der Waals surface area contributed by atoms with E-state index in [0.29, 0.717) is 11.0 Å². The smallest absolute Gasteiger partial charge is 0.270 e. The van der Waals surface area contributed by atoms with Crippen molar-refractivity contribution in [3.8, 4) is 11.4 Å². The van der Waals surface area contributed by atoms with Crippen molar-refractivity contribution in [1.82, 2.24) is 14.8 Å². The number of nitrogens with zero attached hydrogens (tertiary/aromatic N) is 4. The van der Waals surface area contributed by atoms with Gasteiger partial charge in [0.05, 0.1) is 10.7 Å². The Morgan fingerprint density at radius 2 is 1.69 bits per heavy atom. The number of aromatic nitrogens is 3. The van der Waals surface area contributed by atoms with E-state index in [4.69, 9.17) is 4.74 Å². The standard InChI is InChI=1S/C26H24N4O4S/c1-17-10-12-21(13-11-17)29-24(15-34-25-18(2)6-4-7-19(25)3)27-28-26(29)35-16-23(31)20-8-5-9-22(14-20)30(32)33/h4-14H,15-16H2,1-3H3. The first-order chi connectivity index (χ1) is 16.8. The van der Waals surface area contributed by atoms with Gasteiger partial charge in [-0.2, -0.15) is 0 Å². The fourth-order valence-corrected chi connectivity index (χ4v) is 4.48. The summed E-state index contributed by atoms with van der Waals surface area (Å²) in [6.45, 7) is 6.20. The predicted octanol–water partition coefficient (Wildman–Crippen LogP) is 5.65. The van der Waals surface area contributed by atoms with Crippen molar-refractivity contribution in [2.24, 2.45) is 0 Å². The minimum atomic E-state index is -0.514. The first-order valence-electron chi connectivity index (χ1n) is 10.9. The molecule has 0 saturated heterocycles. The summed E-state index contributed by atoms with van der Waals surface area (Å²) in [6, 6.07) is 19.6. The van der Waals surface area contributed by atoms with Crippen LogP contribution in [0.4, 0.5) is 5.69 Å². The second-order valence-electron chi connectivity index (χ2n) is 8.10. The topological polar surface area (TPSA) is 100 Å². The molecule has 0 aliphatic carbocycles. The Bertz CT molecular complexity index is 1360. The molecule has 1 heterocycles. The van der Waals surface area contributed by atoms with Crippen molar-refractivity contribution in [3.63, 3.8) is 0 Å². The first-order valence-corrected chi connectivity index (χ1v) is 11.9. The van der Waals surface area contributed by atoms with Crippen LogP contribution >= 0.6 is 11.8 Å². The predicted molar refractivity (Wildman–Crippen MR) is 134 cm³/mol. The van der Waals surface area contributed by atoms with Crippen molar-refractivity contribution in [1.29, 1.82) is 0 Å². The molecule has 0 aliphatic heterocycles. The lowest BCUT2D eigenvalue weighted by molar-refractivity contribution is -0.384. The van der Waals surface area contributed by atoms with Crippen molar-refractivity contribution in [2.75, 3.05) is 5.75 Å². The molecule has 0 bridgehead atoms. The number of non-ortho nitro benzene ring substituents is 1. The number of ether oxygens (including phenoxy) is 1. The molecule has 35 heavy (non-hydrogen) atoms. The Balaban J connectivity index is 1.59. The largest absolute Gasteiger partial charge is 0.485 e. The van der Waals surface area contributed by atoms with Gasteiger partial charge in [-0.15, -0.1) is 10.2 Å². The van der Waals surface area contributed by atoms with Gasteiger partial charge in [0, 0.05) is 23.4 Å². The van der Waals surface area contributed by atoms with E-state index in [-0.39, 0.29) is 29.4 Å². The Morgan fingerprint density at radius 1 is 1.00 bits per heavy atom. The summed E-state index contributed by atoms with van der Waals surface area (Å²) in [5.74, 6) is 1.23. The average Bonchev–Trinajstić information content (AvgIpc) is 3.25. The summed E-state index contributed by atoms with van der Waals surface area (Å²) >= 11 is 1.23. The van der Waals surface area contributed by atoms with E-state index in [1.165, 1.54) is 30.0 Å². The minimum absolute atomic E-state index is 0.0585. The summed E-state index contributed by atoms with van der Waals surface area (Å²) in [5, 5.41) is 20.2. The van der Waals surface area contributed by atoms with E-state index in [1.54, 1.807) is 6.07 Å².